The summed E-state index contributed by atoms with van der Waals surface area (Å²) in [5.41, 5.74) is 3.76. The lowest BCUT2D eigenvalue weighted by atomic mass is 9.99. The predicted octanol–water partition coefficient (Wildman–Crippen LogP) is 3.52. The summed E-state index contributed by atoms with van der Waals surface area (Å²) in [5.74, 6) is -0.335. The van der Waals surface area contributed by atoms with Gasteiger partial charge in [-0.3, -0.25) is 19.6 Å². The number of sulfone groups is 1. The second kappa shape index (κ2) is 16.8. The van der Waals surface area contributed by atoms with Crippen LogP contribution in [0.3, 0.4) is 0 Å². The molecule has 12 heteroatoms. The predicted molar refractivity (Wildman–Crippen MR) is 192 cm³/mol. The highest BCUT2D eigenvalue weighted by Crippen LogP contribution is 2.29. The third kappa shape index (κ3) is 11.0. The zero-order chi connectivity index (χ0) is 35.9. The first kappa shape index (κ1) is 38.7. The summed E-state index contributed by atoms with van der Waals surface area (Å²) in [5, 5.41) is 17.0. The van der Waals surface area contributed by atoms with Gasteiger partial charge in [-0.2, -0.15) is 0 Å². The van der Waals surface area contributed by atoms with Crippen molar-refractivity contribution in [2.24, 2.45) is 5.92 Å². The quantitative estimate of drug-likeness (QED) is 0.287. The molecular weight excluding hydrogens is 643 g/mol. The van der Waals surface area contributed by atoms with Crippen LogP contribution < -0.4 is 10.6 Å². The van der Waals surface area contributed by atoms with Crippen LogP contribution in [0.25, 0.3) is 0 Å². The molecule has 4 rings (SSSR count). The molecule has 49 heavy (non-hydrogen) atoms. The SMILES string of the molecule is CCc1cc(CN2CCN(C[C@@H](O)[C@H](Cc3ccccc3)NC(=O)O[C@@H]3CCS(=O)(=O)[C@@H]3C(C)C)[C@H](C(=O)NC(C)(C)C)C2)cc(CC)n1. The van der Waals surface area contributed by atoms with Gasteiger partial charge in [-0.15, -0.1) is 0 Å². The summed E-state index contributed by atoms with van der Waals surface area (Å²) in [6.07, 6.45) is -0.265. The van der Waals surface area contributed by atoms with Gasteiger partial charge < -0.3 is 20.5 Å². The van der Waals surface area contributed by atoms with Crippen molar-refractivity contribution in [2.45, 2.75) is 116 Å². The molecule has 0 radical (unpaired) electrons. The number of aryl methyl sites for hydroxylation is 2. The highest BCUT2D eigenvalue weighted by atomic mass is 32.2. The van der Waals surface area contributed by atoms with Crippen molar-refractivity contribution in [3.8, 4) is 0 Å². The Morgan fingerprint density at radius 3 is 2.29 bits per heavy atom. The Morgan fingerprint density at radius 2 is 1.69 bits per heavy atom. The first-order valence-electron chi connectivity index (χ1n) is 17.8. The molecule has 2 fully saturated rings. The van der Waals surface area contributed by atoms with Crippen LogP contribution >= 0.6 is 0 Å². The number of benzene rings is 1. The van der Waals surface area contributed by atoms with Gasteiger partial charge in [-0.05, 0) is 75.6 Å². The monoisotopic (exact) mass is 699 g/mol. The number of β-amino-alcohol motifs (C(OH)–C–C–N with tert-alkyl or cyclic N) is 1. The maximum Gasteiger partial charge on any atom is 0.407 e. The first-order chi connectivity index (χ1) is 23.1. The van der Waals surface area contributed by atoms with E-state index in [2.05, 4.69) is 41.5 Å². The zero-order valence-electron chi connectivity index (χ0n) is 30.3. The number of aliphatic hydroxyl groups is 1. The second-order valence-corrected chi connectivity index (χ2v) is 17.2. The number of nitrogens with zero attached hydrogens (tertiary/aromatic N) is 3. The van der Waals surface area contributed by atoms with Gasteiger partial charge >= 0.3 is 6.09 Å². The van der Waals surface area contributed by atoms with Gasteiger partial charge in [0.2, 0.25) is 5.91 Å². The molecule has 3 heterocycles. The molecule has 3 N–H and O–H groups in total. The molecule has 272 valence electrons. The lowest BCUT2D eigenvalue weighted by Crippen LogP contribution is -2.63. The van der Waals surface area contributed by atoms with Crippen LogP contribution in [0, 0.1) is 5.92 Å². The van der Waals surface area contributed by atoms with E-state index in [0.717, 1.165) is 29.8 Å². The normalized spacial score (nSPS) is 22.8. The van der Waals surface area contributed by atoms with Crippen molar-refractivity contribution in [2.75, 3.05) is 31.9 Å². The third-order valence-corrected chi connectivity index (χ3v) is 11.9. The Morgan fingerprint density at radius 1 is 1.04 bits per heavy atom. The summed E-state index contributed by atoms with van der Waals surface area (Å²) in [6, 6.07) is 12.6. The van der Waals surface area contributed by atoms with E-state index < -0.39 is 51.0 Å². The van der Waals surface area contributed by atoms with Crippen molar-refractivity contribution in [3.05, 3.63) is 65.0 Å². The summed E-state index contributed by atoms with van der Waals surface area (Å²) < 4.78 is 31.0. The van der Waals surface area contributed by atoms with Crippen molar-refractivity contribution < 1.29 is 27.9 Å². The van der Waals surface area contributed by atoms with Crippen molar-refractivity contribution in [1.29, 1.82) is 0 Å². The van der Waals surface area contributed by atoms with Crippen LogP contribution in [0.2, 0.25) is 0 Å². The number of hydrogen-bond donors (Lipinski definition) is 3. The smallest absolute Gasteiger partial charge is 0.407 e. The molecule has 1 aromatic heterocycles. The lowest BCUT2D eigenvalue weighted by molar-refractivity contribution is -0.131. The van der Waals surface area contributed by atoms with Crippen LogP contribution in [0.4, 0.5) is 4.79 Å². The Balaban J connectivity index is 1.51. The molecule has 11 nitrogen and oxygen atoms in total. The molecule has 2 aromatic rings. The molecule has 0 saturated carbocycles. The molecule has 2 aliphatic rings. The van der Waals surface area contributed by atoms with E-state index in [1.54, 1.807) is 0 Å². The average molecular weight is 700 g/mol. The maximum absolute atomic E-state index is 13.8. The molecular formula is C37H57N5O6S. The van der Waals surface area contributed by atoms with Crippen LogP contribution in [0.15, 0.2) is 42.5 Å². The lowest BCUT2D eigenvalue weighted by Gasteiger charge is -2.43. The molecule has 1 aromatic carbocycles. The maximum atomic E-state index is 13.8. The number of ether oxygens (including phenoxy) is 1. The topological polar surface area (TPSA) is 141 Å². The molecule has 0 aliphatic carbocycles. The number of hydrogen-bond acceptors (Lipinski definition) is 9. The fraction of sp³-hybridized carbons (Fsp3) is 0.649. The minimum absolute atomic E-state index is 0.0193. The van der Waals surface area contributed by atoms with Crippen LogP contribution in [0.5, 0.6) is 0 Å². The first-order valence-corrected chi connectivity index (χ1v) is 19.5. The van der Waals surface area contributed by atoms with E-state index in [4.69, 9.17) is 9.72 Å². The van der Waals surface area contributed by atoms with Gasteiger partial charge in [0.15, 0.2) is 9.84 Å². The Labute approximate surface area is 293 Å². The van der Waals surface area contributed by atoms with Gasteiger partial charge in [0, 0.05) is 49.7 Å². The van der Waals surface area contributed by atoms with Crippen LogP contribution in [-0.2, 0) is 45.2 Å². The van der Waals surface area contributed by atoms with Crippen LogP contribution in [-0.4, -0.2) is 107 Å². The minimum atomic E-state index is -3.36. The number of rotatable bonds is 13. The molecule has 0 spiro atoms. The number of carbonyl (C=O) groups excluding carboxylic acids is 2. The number of nitrogens with one attached hydrogen (secondary N) is 2. The fourth-order valence-corrected chi connectivity index (χ4v) is 9.31. The molecule has 2 saturated heterocycles. The summed E-state index contributed by atoms with van der Waals surface area (Å²) in [6.45, 7) is 16.2. The zero-order valence-corrected chi connectivity index (χ0v) is 31.1. The van der Waals surface area contributed by atoms with E-state index in [9.17, 15) is 23.1 Å². The Hall–Kier alpha value is -3.06. The van der Waals surface area contributed by atoms with Gasteiger partial charge in [-0.1, -0.05) is 58.0 Å². The number of alkyl carbamates (subject to hydrolysis) is 1. The average Bonchev–Trinajstić information content (AvgIpc) is 3.33. The molecule has 2 aliphatic heterocycles. The van der Waals surface area contributed by atoms with Crippen molar-refractivity contribution >= 4 is 21.8 Å². The number of amides is 2. The van der Waals surface area contributed by atoms with Gasteiger partial charge in [-0.25, -0.2) is 13.2 Å². The second-order valence-electron chi connectivity index (χ2n) is 15.0. The summed E-state index contributed by atoms with van der Waals surface area (Å²) in [4.78, 5) is 36.1. The largest absolute Gasteiger partial charge is 0.445 e. The number of aromatic nitrogens is 1. The fourth-order valence-electron chi connectivity index (χ4n) is 6.99. The Kier molecular flexibility index (Phi) is 13.3. The standard InChI is InChI=1S/C37H57N5O6S/c1-8-28-19-27(20-29(9-2)38-28)22-41-16-17-42(31(23-41)35(44)40-37(5,6)7)24-32(43)30(21-26-13-11-10-12-14-26)39-36(45)48-33-15-18-49(46,47)34(33)25(3)4/h10-14,19-20,25,30-34,43H,8-9,15-18,21-24H2,1-7H3,(H,39,45)(H,40,44)/t30-,31-,32+,33+,34+/m0/s1. The number of aliphatic hydroxyl groups excluding tert-OH is 1. The van der Waals surface area contributed by atoms with Crippen molar-refractivity contribution in [3.63, 3.8) is 0 Å². The number of pyridine rings is 1. The van der Waals surface area contributed by atoms with Crippen LogP contribution in [0.1, 0.15) is 77.4 Å². The third-order valence-electron chi connectivity index (χ3n) is 9.37. The molecule has 5 atom stereocenters. The summed E-state index contributed by atoms with van der Waals surface area (Å²) >= 11 is 0. The van der Waals surface area contributed by atoms with E-state index in [1.807, 2.05) is 69.9 Å². The molecule has 0 bridgehead atoms. The van der Waals surface area contributed by atoms with Gasteiger partial charge in [0.1, 0.15) is 17.4 Å². The van der Waals surface area contributed by atoms with Gasteiger partial charge in [0.25, 0.3) is 0 Å². The highest BCUT2D eigenvalue weighted by Gasteiger charge is 2.45. The van der Waals surface area contributed by atoms with E-state index in [0.29, 0.717) is 32.6 Å². The molecule has 2 amide bonds. The Bertz CT molecular complexity index is 1490. The number of carbonyl (C=O) groups is 2. The highest BCUT2D eigenvalue weighted by molar-refractivity contribution is 7.92. The van der Waals surface area contributed by atoms with Crippen molar-refractivity contribution in [1.82, 2.24) is 25.4 Å². The number of piperazine rings is 1. The summed E-state index contributed by atoms with van der Waals surface area (Å²) in [7, 11) is -3.36. The van der Waals surface area contributed by atoms with E-state index in [1.165, 1.54) is 5.56 Å². The van der Waals surface area contributed by atoms with Gasteiger partial charge in [0.05, 0.1) is 17.9 Å². The minimum Gasteiger partial charge on any atom is -0.445 e. The molecule has 0 unspecified atom stereocenters. The van der Waals surface area contributed by atoms with E-state index >= 15 is 0 Å². The van der Waals surface area contributed by atoms with E-state index in [-0.39, 0.29) is 30.5 Å².